The fourth-order valence-electron chi connectivity index (χ4n) is 10.2. The topological polar surface area (TPSA) is 237 Å². The third kappa shape index (κ3) is 65.7. The molecular formula is C73H134O17P2. The smallest absolute Gasteiger partial charge is 0.462 e. The molecular weight excluding hydrogens is 1210 g/mol. The van der Waals surface area contributed by atoms with Gasteiger partial charge in [0.2, 0.25) is 0 Å². The van der Waals surface area contributed by atoms with Gasteiger partial charge in [0.15, 0.2) is 12.2 Å². The minimum absolute atomic E-state index is 0.0907. The zero-order chi connectivity index (χ0) is 67.5. The van der Waals surface area contributed by atoms with E-state index in [-0.39, 0.29) is 25.7 Å². The van der Waals surface area contributed by atoms with E-state index in [0.29, 0.717) is 25.7 Å². The Balaban J connectivity index is 5.27. The number of aliphatic hydroxyl groups excluding tert-OH is 1. The van der Waals surface area contributed by atoms with Crippen LogP contribution in [0.5, 0.6) is 0 Å². The molecule has 0 spiro atoms. The van der Waals surface area contributed by atoms with Gasteiger partial charge in [0, 0.05) is 25.7 Å². The summed E-state index contributed by atoms with van der Waals surface area (Å²) in [6, 6.07) is 0. The zero-order valence-electron chi connectivity index (χ0n) is 58.5. The molecule has 0 aliphatic carbocycles. The molecule has 0 saturated heterocycles. The number of aliphatic hydroxyl groups is 1. The summed E-state index contributed by atoms with van der Waals surface area (Å²) in [6.45, 7) is 4.73. The van der Waals surface area contributed by atoms with Gasteiger partial charge in [-0.3, -0.25) is 37.3 Å². The summed E-state index contributed by atoms with van der Waals surface area (Å²) in [7, 11) is -9.92. The fourth-order valence-corrected chi connectivity index (χ4v) is 11.7. The summed E-state index contributed by atoms with van der Waals surface area (Å²) in [5.74, 6) is -2.17. The van der Waals surface area contributed by atoms with E-state index in [1.807, 2.05) is 0 Å². The highest BCUT2D eigenvalue weighted by Gasteiger charge is 2.30. The van der Waals surface area contributed by atoms with Crippen LogP contribution in [0.1, 0.15) is 336 Å². The second-order valence-electron chi connectivity index (χ2n) is 24.9. The van der Waals surface area contributed by atoms with Crippen LogP contribution in [0, 0.1) is 0 Å². The molecule has 0 saturated carbocycles. The first-order valence-corrected chi connectivity index (χ1v) is 39.9. The van der Waals surface area contributed by atoms with Gasteiger partial charge in [-0.15, -0.1) is 0 Å². The van der Waals surface area contributed by atoms with E-state index >= 15 is 0 Å². The highest BCUT2D eigenvalue weighted by atomic mass is 31.2. The van der Waals surface area contributed by atoms with Gasteiger partial charge < -0.3 is 33.8 Å². The van der Waals surface area contributed by atoms with Crippen LogP contribution in [0.3, 0.4) is 0 Å². The molecule has 0 amide bonds. The number of phosphoric acid groups is 2. The Bertz CT molecular complexity index is 1940. The number of carbonyl (C=O) groups excluding carboxylic acids is 4. The van der Waals surface area contributed by atoms with Gasteiger partial charge in [-0.2, -0.15) is 0 Å². The van der Waals surface area contributed by atoms with Crippen molar-refractivity contribution in [1.29, 1.82) is 0 Å². The van der Waals surface area contributed by atoms with Gasteiger partial charge in [-0.05, 0) is 77.0 Å². The number of phosphoric ester groups is 2. The first-order chi connectivity index (χ1) is 44.7. The maximum Gasteiger partial charge on any atom is 0.472 e. The third-order valence-corrected chi connectivity index (χ3v) is 17.7. The second-order valence-corrected chi connectivity index (χ2v) is 27.8. The van der Waals surface area contributed by atoms with Crippen LogP contribution in [0.25, 0.3) is 0 Å². The summed E-state index contributed by atoms with van der Waals surface area (Å²) < 4.78 is 68.3. The molecule has 5 unspecified atom stereocenters. The number of allylic oxidation sites excluding steroid dienone is 8. The molecule has 0 rings (SSSR count). The SMILES string of the molecule is CC/C=C\C/C=C\C/C=C\CCCCCCCC(=O)OCC(COP(=O)(O)OCC(O)COP(=O)(O)OCC(COC(=O)CCCCCCCCCCCCCCCCC)OC(=O)CCCCCCC/C=C\CCCC)OC(=O)CCCCCCCCCCCCC. The third-order valence-electron chi connectivity index (χ3n) is 15.8. The predicted molar refractivity (Wildman–Crippen MR) is 372 cm³/mol. The van der Waals surface area contributed by atoms with E-state index in [1.54, 1.807) is 0 Å². The van der Waals surface area contributed by atoms with Gasteiger partial charge >= 0.3 is 39.5 Å². The van der Waals surface area contributed by atoms with Crippen molar-refractivity contribution in [2.75, 3.05) is 39.6 Å². The van der Waals surface area contributed by atoms with Gasteiger partial charge in [0.05, 0.1) is 26.4 Å². The molecule has 0 aromatic heterocycles. The summed E-state index contributed by atoms with van der Waals surface area (Å²) in [6.07, 6.45) is 61.2. The van der Waals surface area contributed by atoms with Crippen molar-refractivity contribution < 1.29 is 80.2 Å². The Morgan fingerprint density at radius 2 is 0.576 bits per heavy atom. The summed E-state index contributed by atoms with van der Waals surface area (Å²) in [5.41, 5.74) is 0. The van der Waals surface area contributed by atoms with Crippen molar-refractivity contribution in [3.8, 4) is 0 Å². The van der Waals surface area contributed by atoms with Gasteiger partial charge in [-0.25, -0.2) is 9.13 Å². The molecule has 19 heteroatoms. The summed E-state index contributed by atoms with van der Waals surface area (Å²) in [4.78, 5) is 72.6. The van der Waals surface area contributed by atoms with E-state index in [1.165, 1.54) is 122 Å². The van der Waals surface area contributed by atoms with Crippen molar-refractivity contribution in [1.82, 2.24) is 0 Å². The lowest BCUT2D eigenvalue weighted by Crippen LogP contribution is -2.30. The van der Waals surface area contributed by atoms with Crippen LogP contribution < -0.4 is 0 Å². The zero-order valence-corrected chi connectivity index (χ0v) is 60.3. The maximum atomic E-state index is 13.0. The molecule has 0 bridgehead atoms. The lowest BCUT2D eigenvalue weighted by Gasteiger charge is -2.21. The van der Waals surface area contributed by atoms with E-state index < -0.39 is 97.5 Å². The van der Waals surface area contributed by atoms with Crippen molar-refractivity contribution >= 4 is 39.5 Å². The van der Waals surface area contributed by atoms with E-state index in [4.69, 9.17) is 37.0 Å². The Kier molecular flexibility index (Phi) is 64.5. The Labute approximate surface area is 559 Å². The molecule has 3 N–H and O–H groups in total. The van der Waals surface area contributed by atoms with Crippen LogP contribution in [0.15, 0.2) is 48.6 Å². The fraction of sp³-hybridized carbons (Fsp3) is 0.836. The molecule has 0 aliphatic rings. The number of esters is 4. The first-order valence-electron chi connectivity index (χ1n) is 36.9. The number of ether oxygens (including phenoxy) is 4. The lowest BCUT2D eigenvalue weighted by atomic mass is 10.0. The van der Waals surface area contributed by atoms with Crippen LogP contribution in [0.2, 0.25) is 0 Å². The number of unbranched alkanes of at least 4 members (excludes halogenated alkanes) is 36. The second kappa shape index (κ2) is 66.6. The van der Waals surface area contributed by atoms with Crippen LogP contribution in [-0.4, -0.2) is 96.7 Å². The van der Waals surface area contributed by atoms with E-state index in [0.717, 1.165) is 135 Å². The Morgan fingerprint density at radius 3 is 0.913 bits per heavy atom. The van der Waals surface area contributed by atoms with Crippen LogP contribution >= 0.6 is 15.6 Å². The molecule has 0 aromatic carbocycles. The average Bonchev–Trinajstić information content (AvgIpc) is 2.55. The van der Waals surface area contributed by atoms with Crippen LogP contribution in [-0.2, 0) is 65.4 Å². The predicted octanol–water partition coefficient (Wildman–Crippen LogP) is 20.6. The van der Waals surface area contributed by atoms with E-state index in [9.17, 15) is 43.2 Å². The maximum absolute atomic E-state index is 13.0. The van der Waals surface area contributed by atoms with Crippen molar-refractivity contribution in [3.63, 3.8) is 0 Å². The molecule has 5 atom stereocenters. The minimum atomic E-state index is -4.96. The highest BCUT2D eigenvalue weighted by Crippen LogP contribution is 2.45. The molecule has 0 radical (unpaired) electrons. The van der Waals surface area contributed by atoms with Crippen molar-refractivity contribution in [2.45, 2.75) is 354 Å². The van der Waals surface area contributed by atoms with Crippen molar-refractivity contribution in [2.24, 2.45) is 0 Å². The molecule has 0 aromatic rings. The molecule has 0 heterocycles. The molecule has 92 heavy (non-hydrogen) atoms. The molecule has 0 aliphatic heterocycles. The number of hydrogen-bond acceptors (Lipinski definition) is 15. The van der Waals surface area contributed by atoms with Gasteiger partial charge in [-0.1, -0.05) is 282 Å². The Hall–Kier alpha value is -2.98. The first kappa shape index (κ1) is 89.0. The largest absolute Gasteiger partial charge is 0.472 e. The number of hydrogen-bond donors (Lipinski definition) is 3. The van der Waals surface area contributed by atoms with Gasteiger partial charge in [0.1, 0.15) is 19.3 Å². The lowest BCUT2D eigenvalue weighted by molar-refractivity contribution is -0.161. The van der Waals surface area contributed by atoms with Crippen molar-refractivity contribution in [3.05, 3.63) is 48.6 Å². The standard InChI is InChI=1S/C73H134O17P2/c1-5-9-13-17-21-25-29-31-33-35-39-41-45-49-53-57-70(75)83-63-68(89-72(77)59-55-51-47-43-37-27-23-19-15-11-7-3)65-87-91(79,80)85-61-67(74)62-86-92(81,82)88-66-69(90-73(78)60-56-52-48-44-38-28-24-20-16-12-8-4)64-84-71(76)58-54-50-46-42-40-36-34-32-30-26-22-18-14-10-6-2/h9,13,20-21,24-25,31,33,67-69,74H,5-8,10-12,14-19,22-23,26-30,32,34-66H2,1-4H3,(H,79,80)(H,81,82)/b13-9-,24-20-,25-21-,33-31-. The Morgan fingerprint density at radius 1 is 0.315 bits per heavy atom. The monoisotopic (exact) mass is 1340 g/mol. The quantitative estimate of drug-likeness (QED) is 0.0169. The highest BCUT2D eigenvalue weighted by molar-refractivity contribution is 7.47. The molecule has 0 fully saturated rings. The summed E-state index contributed by atoms with van der Waals surface area (Å²) >= 11 is 0. The number of rotatable bonds is 70. The minimum Gasteiger partial charge on any atom is -0.462 e. The van der Waals surface area contributed by atoms with E-state index in [2.05, 4.69) is 76.3 Å². The molecule has 538 valence electrons. The average molecular weight is 1350 g/mol. The van der Waals surface area contributed by atoms with Gasteiger partial charge in [0.25, 0.3) is 0 Å². The van der Waals surface area contributed by atoms with Crippen LogP contribution in [0.4, 0.5) is 0 Å². The normalized spacial score (nSPS) is 14.3. The molecule has 17 nitrogen and oxygen atoms in total. The number of carbonyl (C=O) groups is 4. The summed E-state index contributed by atoms with van der Waals surface area (Å²) in [5, 5.41) is 10.6.